The number of carbonyl (C=O) groups excluding carboxylic acids is 1. The topological polar surface area (TPSA) is 82.2 Å². The summed E-state index contributed by atoms with van der Waals surface area (Å²) in [5.74, 6) is 0.245. The fraction of sp³-hybridized carbons (Fsp3) is 0.208. The van der Waals surface area contributed by atoms with Crippen molar-refractivity contribution >= 4 is 11.6 Å². The summed E-state index contributed by atoms with van der Waals surface area (Å²) in [5.41, 5.74) is 0.655. The number of carbonyl (C=O) groups is 1. The van der Waals surface area contributed by atoms with Crippen LogP contribution >= 0.6 is 0 Å². The number of benzene rings is 2. The van der Waals surface area contributed by atoms with Gasteiger partial charge in [-0.1, -0.05) is 32.0 Å². The van der Waals surface area contributed by atoms with Crippen molar-refractivity contribution in [3.63, 3.8) is 0 Å². The van der Waals surface area contributed by atoms with Crippen molar-refractivity contribution in [3.8, 4) is 23.1 Å². The molecule has 0 aliphatic rings. The summed E-state index contributed by atoms with van der Waals surface area (Å²) in [5, 5.41) is 7.13. The Hall–Kier alpha value is -4.08. The van der Waals surface area contributed by atoms with E-state index in [-0.39, 0.29) is 17.7 Å². The van der Waals surface area contributed by atoms with Crippen LogP contribution in [-0.4, -0.2) is 27.3 Å². The largest absolute Gasteiger partial charge is 0.462 e. The molecule has 0 radical (unpaired) electrons. The van der Waals surface area contributed by atoms with E-state index in [0.717, 1.165) is 12.1 Å². The van der Waals surface area contributed by atoms with Crippen molar-refractivity contribution in [2.75, 3.05) is 11.9 Å². The molecule has 0 saturated carbocycles. The number of alkyl halides is 3. The van der Waals surface area contributed by atoms with E-state index in [1.807, 2.05) is 13.8 Å². The van der Waals surface area contributed by atoms with E-state index in [0.29, 0.717) is 29.4 Å². The molecule has 0 unspecified atom stereocenters. The molecule has 1 amide bonds. The summed E-state index contributed by atoms with van der Waals surface area (Å²) in [6.45, 7) is 4.31. The smallest absolute Gasteiger partial charge is 0.416 e. The van der Waals surface area contributed by atoms with Gasteiger partial charge in [-0.3, -0.25) is 4.79 Å². The highest BCUT2D eigenvalue weighted by Crippen LogP contribution is 2.32. The molecule has 0 bridgehead atoms. The molecule has 2 aromatic carbocycles. The molecule has 4 aromatic rings. The molecule has 0 atom stereocenters. The summed E-state index contributed by atoms with van der Waals surface area (Å²) >= 11 is 0. The van der Waals surface area contributed by atoms with Crippen LogP contribution in [0, 0.1) is 5.92 Å². The number of halogens is 3. The van der Waals surface area contributed by atoms with Gasteiger partial charge in [0.05, 0.1) is 24.1 Å². The first-order valence-corrected chi connectivity index (χ1v) is 10.4. The Balaban J connectivity index is 1.69. The van der Waals surface area contributed by atoms with Crippen LogP contribution in [0.3, 0.4) is 0 Å². The molecule has 0 saturated heterocycles. The summed E-state index contributed by atoms with van der Waals surface area (Å²) in [7, 11) is 0. The molecular formula is C24H21F3N4O3. The summed E-state index contributed by atoms with van der Waals surface area (Å²) in [6.07, 6.45) is -3.05. The van der Waals surface area contributed by atoms with Crippen LogP contribution in [0.1, 0.15) is 30.0 Å². The third-order valence-electron chi connectivity index (χ3n) is 4.70. The molecule has 0 fully saturated rings. The molecular weight excluding hydrogens is 449 g/mol. The van der Waals surface area contributed by atoms with E-state index in [4.69, 9.17) is 9.15 Å². The number of amides is 1. The van der Waals surface area contributed by atoms with Gasteiger partial charge in [-0.05, 0) is 48.4 Å². The van der Waals surface area contributed by atoms with Crippen molar-refractivity contribution in [2.45, 2.75) is 20.0 Å². The van der Waals surface area contributed by atoms with E-state index in [2.05, 4.69) is 15.4 Å². The lowest BCUT2D eigenvalue weighted by Gasteiger charge is -2.10. The Labute approximate surface area is 193 Å². The van der Waals surface area contributed by atoms with Crippen LogP contribution in [0.5, 0.6) is 6.01 Å². The summed E-state index contributed by atoms with van der Waals surface area (Å²) in [4.78, 5) is 16.7. The Morgan fingerprint density at radius 2 is 1.88 bits per heavy atom. The van der Waals surface area contributed by atoms with Gasteiger partial charge in [0.2, 0.25) is 0 Å². The average Bonchev–Trinajstić information content (AvgIpc) is 3.48. The number of furan rings is 1. The molecule has 0 aliphatic carbocycles. The van der Waals surface area contributed by atoms with Gasteiger partial charge in [0.25, 0.3) is 5.91 Å². The molecule has 4 rings (SSSR count). The van der Waals surface area contributed by atoms with Crippen molar-refractivity contribution in [2.24, 2.45) is 5.92 Å². The molecule has 7 nitrogen and oxygen atoms in total. The number of nitrogens with one attached hydrogen (secondary N) is 1. The maximum Gasteiger partial charge on any atom is 0.416 e. The molecule has 10 heteroatoms. The number of anilines is 1. The lowest BCUT2D eigenvalue weighted by Crippen LogP contribution is -2.11. The van der Waals surface area contributed by atoms with Crippen molar-refractivity contribution < 1.29 is 27.1 Å². The second-order valence-electron chi connectivity index (χ2n) is 7.89. The number of hydrogen-bond acceptors (Lipinski definition) is 5. The van der Waals surface area contributed by atoms with Gasteiger partial charge < -0.3 is 14.5 Å². The number of ether oxygens (including phenoxy) is 1. The van der Waals surface area contributed by atoms with Gasteiger partial charge in [0.1, 0.15) is 0 Å². The maximum absolute atomic E-state index is 13.0. The van der Waals surface area contributed by atoms with Crippen LogP contribution < -0.4 is 10.1 Å². The van der Waals surface area contributed by atoms with Crippen LogP contribution in [0.25, 0.3) is 17.1 Å². The van der Waals surface area contributed by atoms with Gasteiger partial charge >= 0.3 is 12.2 Å². The van der Waals surface area contributed by atoms with Crippen molar-refractivity contribution in [1.82, 2.24) is 14.8 Å². The molecule has 2 aromatic heterocycles. The minimum atomic E-state index is -4.45. The molecule has 0 aliphatic heterocycles. The average molecular weight is 470 g/mol. The SMILES string of the molecule is CC(C)COc1nc(-c2ccc(C(F)(F)F)cc2)n(-c2cccc(NC(=O)c3ccco3)c2)n1. The third-order valence-corrected chi connectivity index (χ3v) is 4.70. The normalized spacial score (nSPS) is 11.6. The second kappa shape index (κ2) is 9.42. The first kappa shape index (κ1) is 23.1. The monoisotopic (exact) mass is 470 g/mol. The Bertz CT molecular complexity index is 1260. The Kier molecular flexibility index (Phi) is 6.40. The quantitative estimate of drug-likeness (QED) is 0.367. The summed E-state index contributed by atoms with van der Waals surface area (Å²) in [6, 6.07) is 14.7. The van der Waals surface area contributed by atoms with Gasteiger partial charge in [0.15, 0.2) is 11.6 Å². The Morgan fingerprint density at radius 3 is 2.53 bits per heavy atom. The zero-order valence-electron chi connectivity index (χ0n) is 18.3. The van der Waals surface area contributed by atoms with Crippen LogP contribution in [-0.2, 0) is 6.18 Å². The van der Waals surface area contributed by atoms with Crippen molar-refractivity contribution in [1.29, 1.82) is 0 Å². The number of hydrogen-bond donors (Lipinski definition) is 1. The number of aromatic nitrogens is 3. The number of nitrogens with zero attached hydrogens (tertiary/aromatic N) is 3. The minimum Gasteiger partial charge on any atom is -0.462 e. The fourth-order valence-electron chi connectivity index (χ4n) is 3.09. The van der Waals surface area contributed by atoms with E-state index in [1.54, 1.807) is 30.3 Å². The lowest BCUT2D eigenvalue weighted by atomic mass is 10.1. The molecule has 0 spiro atoms. The highest BCUT2D eigenvalue weighted by atomic mass is 19.4. The molecule has 2 heterocycles. The van der Waals surface area contributed by atoms with Crippen LogP contribution in [0.4, 0.5) is 18.9 Å². The zero-order valence-corrected chi connectivity index (χ0v) is 18.3. The van der Waals surface area contributed by atoms with Crippen LogP contribution in [0.15, 0.2) is 71.3 Å². The highest BCUT2D eigenvalue weighted by molar-refractivity contribution is 6.02. The van der Waals surface area contributed by atoms with Gasteiger partial charge in [-0.15, -0.1) is 5.10 Å². The molecule has 1 N–H and O–H groups in total. The first-order valence-electron chi connectivity index (χ1n) is 10.4. The third kappa shape index (κ3) is 5.28. The number of rotatable bonds is 7. The highest BCUT2D eigenvalue weighted by Gasteiger charge is 2.30. The lowest BCUT2D eigenvalue weighted by molar-refractivity contribution is -0.137. The predicted molar refractivity (Wildman–Crippen MR) is 119 cm³/mol. The summed E-state index contributed by atoms with van der Waals surface area (Å²) < 4.78 is 51.2. The van der Waals surface area contributed by atoms with Gasteiger partial charge in [-0.25, -0.2) is 4.68 Å². The molecule has 34 heavy (non-hydrogen) atoms. The maximum atomic E-state index is 13.0. The second-order valence-corrected chi connectivity index (χ2v) is 7.89. The van der Waals surface area contributed by atoms with E-state index in [1.165, 1.54) is 29.1 Å². The van der Waals surface area contributed by atoms with E-state index < -0.39 is 17.6 Å². The predicted octanol–water partition coefficient (Wildman–Crippen LogP) is 5.83. The van der Waals surface area contributed by atoms with E-state index >= 15 is 0 Å². The zero-order chi connectivity index (χ0) is 24.3. The minimum absolute atomic E-state index is 0.0913. The fourth-order valence-corrected chi connectivity index (χ4v) is 3.09. The molecule has 176 valence electrons. The van der Waals surface area contributed by atoms with Crippen molar-refractivity contribution in [3.05, 3.63) is 78.3 Å². The van der Waals surface area contributed by atoms with Gasteiger partial charge in [-0.2, -0.15) is 18.2 Å². The Morgan fingerprint density at radius 1 is 1.12 bits per heavy atom. The first-order chi connectivity index (χ1) is 16.2. The van der Waals surface area contributed by atoms with Crippen LogP contribution in [0.2, 0.25) is 0 Å². The standard InChI is InChI=1S/C24H21F3N4O3/c1-15(2)14-34-23-29-21(16-8-10-17(11-9-16)24(25,26)27)31(30-23)19-6-3-5-18(13-19)28-22(32)20-7-4-12-33-20/h3-13,15H,14H2,1-2H3,(H,28,32). The van der Waals surface area contributed by atoms with E-state index in [9.17, 15) is 18.0 Å². The van der Waals surface area contributed by atoms with Gasteiger partial charge in [0, 0.05) is 11.3 Å².